The minimum Gasteiger partial charge on any atom is -0.444 e. The fourth-order valence-corrected chi connectivity index (χ4v) is 3.97. The van der Waals surface area contributed by atoms with Crippen molar-refractivity contribution in [3.8, 4) is 12.3 Å². The van der Waals surface area contributed by atoms with Crippen LogP contribution in [0.5, 0.6) is 0 Å². The lowest BCUT2D eigenvalue weighted by atomic mass is 9.93. The first-order chi connectivity index (χ1) is 16.7. The Morgan fingerprint density at radius 2 is 1.69 bits per heavy atom. The van der Waals surface area contributed by atoms with E-state index in [1.165, 1.54) is 4.90 Å². The van der Waals surface area contributed by atoms with Crippen molar-refractivity contribution in [2.45, 2.75) is 65.6 Å². The van der Waals surface area contributed by atoms with Gasteiger partial charge < -0.3 is 20.3 Å². The average molecular weight is 512 g/mol. The highest BCUT2D eigenvalue weighted by Gasteiger charge is 2.39. The third-order valence-corrected chi connectivity index (χ3v) is 5.48. The maximum absolute atomic E-state index is 13.9. The monoisotopic (exact) mass is 511 g/mol. The van der Waals surface area contributed by atoms with E-state index in [2.05, 4.69) is 16.6 Å². The molecule has 1 atom stereocenters. The molecule has 0 aliphatic rings. The van der Waals surface area contributed by atoms with Crippen LogP contribution < -0.4 is 10.6 Å². The number of amides is 3. The van der Waals surface area contributed by atoms with E-state index < -0.39 is 35.1 Å². The zero-order valence-electron chi connectivity index (χ0n) is 21.9. The van der Waals surface area contributed by atoms with Gasteiger partial charge in [0.15, 0.2) is 0 Å². The summed E-state index contributed by atoms with van der Waals surface area (Å²) in [6, 6.07) is 11.1. The average Bonchev–Trinajstić information content (AvgIpc) is 2.76. The number of carbonyl (C=O) groups is 3. The lowest BCUT2D eigenvalue weighted by Gasteiger charge is -2.41. The summed E-state index contributed by atoms with van der Waals surface area (Å²) < 4.78 is 5.25. The smallest absolute Gasteiger partial charge is 0.408 e. The van der Waals surface area contributed by atoms with Gasteiger partial charge in [0.2, 0.25) is 5.91 Å². The van der Waals surface area contributed by atoms with Crippen LogP contribution in [0.1, 0.15) is 64.3 Å². The number of nitrogens with zero attached hydrogens (tertiary/aromatic N) is 1. The highest BCUT2D eigenvalue weighted by atomic mass is 35.5. The van der Waals surface area contributed by atoms with E-state index in [4.69, 9.17) is 22.8 Å². The van der Waals surface area contributed by atoms with Crippen molar-refractivity contribution in [2.75, 3.05) is 11.9 Å². The van der Waals surface area contributed by atoms with E-state index in [9.17, 15) is 14.4 Å². The van der Waals surface area contributed by atoms with E-state index in [0.29, 0.717) is 21.8 Å². The quantitative estimate of drug-likeness (QED) is 0.504. The minimum absolute atomic E-state index is 0.368. The predicted octanol–water partition coefficient (Wildman–Crippen LogP) is 5.46. The molecule has 0 aromatic heterocycles. The van der Waals surface area contributed by atoms with Gasteiger partial charge in [0.25, 0.3) is 5.91 Å². The predicted molar refractivity (Wildman–Crippen MR) is 143 cm³/mol. The van der Waals surface area contributed by atoms with Gasteiger partial charge in [-0.3, -0.25) is 9.59 Å². The highest BCUT2D eigenvalue weighted by Crippen LogP contribution is 2.33. The van der Waals surface area contributed by atoms with Gasteiger partial charge in [0.05, 0.1) is 10.7 Å². The van der Waals surface area contributed by atoms with E-state index in [1.54, 1.807) is 77.9 Å². The molecule has 8 heteroatoms. The van der Waals surface area contributed by atoms with E-state index in [0.717, 1.165) is 5.56 Å². The molecular weight excluding hydrogens is 478 g/mol. The van der Waals surface area contributed by atoms with E-state index in [1.807, 2.05) is 13.0 Å². The Labute approximate surface area is 218 Å². The number of para-hydroxylation sites is 1. The van der Waals surface area contributed by atoms with Gasteiger partial charge in [-0.1, -0.05) is 47.9 Å². The number of rotatable bonds is 6. The summed E-state index contributed by atoms with van der Waals surface area (Å²) in [5, 5.41) is 5.74. The summed E-state index contributed by atoms with van der Waals surface area (Å²) in [5.41, 5.74) is 0.600. The van der Waals surface area contributed by atoms with Crippen molar-refractivity contribution in [2.24, 2.45) is 0 Å². The number of aryl methyl sites for hydroxylation is 1. The van der Waals surface area contributed by atoms with Crippen molar-refractivity contribution < 1.29 is 19.1 Å². The van der Waals surface area contributed by atoms with Crippen LogP contribution in [0.2, 0.25) is 5.02 Å². The minimum atomic E-state index is -1.11. The number of terminal acetylenes is 1. The molecular formula is C28H34ClN3O4. The molecule has 0 saturated carbocycles. The van der Waals surface area contributed by atoms with Crippen molar-refractivity contribution in [1.29, 1.82) is 0 Å². The third-order valence-electron chi connectivity index (χ3n) is 5.16. The highest BCUT2D eigenvalue weighted by molar-refractivity contribution is 6.34. The molecule has 0 saturated heterocycles. The van der Waals surface area contributed by atoms with Gasteiger partial charge in [-0.15, -0.1) is 6.42 Å². The second kappa shape index (κ2) is 11.5. The zero-order valence-corrected chi connectivity index (χ0v) is 22.6. The SMILES string of the molecule is C#Cc1ccccc1C(C(=O)Nc1c(C)cccc1Cl)N(C(=O)CNC(=O)OC(C)(C)C)C(C)(C)C. The molecule has 0 aliphatic carbocycles. The van der Waals surface area contributed by atoms with Crippen molar-refractivity contribution >= 4 is 35.2 Å². The number of carbonyl (C=O) groups excluding carboxylic acids is 3. The van der Waals surface area contributed by atoms with Crippen molar-refractivity contribution in [1.82, 2.24) is 10.2 Å². The van der Waals surface area contributed by atoms with Crippen LogP contribution in [0.15, 0.2) is 42.5 Å². The largest absolute Gasteiger partial charge is 0.444 e. The van der Waals surface area contributed by atoms with E-state index >= 15 is 0 Å². The Kier molecular flexibility index (Phi) is 9.17. The first kappa shape index (κ1) is 28.7. The number of hydrogen-bond donors (Lipinski definition) is 2. The van der Waals surface area contributed by atoms with Gasteiger partial charge in [-0.05, 0) is 71.7 Å². The fourth-order valence-electron chi connectivity index (χ4n) is 3.70. The van der Waals surface area contributed by atoms with Crippen LogP contribution in [-0.2, 0) is 14.3 Å². The molecule has 36 heavy (non-hydrogen) atoms. The molecule has 3 amide bonds. The van der Waals surface area contributed by atoms with Crippen molar-refractivity contribution in [3.63, 3.8) is 0 Å². The lowest BCUT2D eigenvalue weighted by molar-refractivity contribution is -0.144. The van der Waals surface area contributed by atoms with Gasteiger partial charge in [0.1, 0.15) is 18.2 Å². The molecule has 7 nitrogen and oxygen atoms in total. The van der Waals surface area contributed by atoms with Gasteiger partial charge in [-0.2, -0.15) is 0 Å². The molecule has 2 N–H and O–H groups in total. The molecule has 2 aromatic rings. The molecule has 0 spiro atoms. The van der Waals surface area contributed by atoms with Gasteiger partial charge >= 0.3 is 6.09 Å². The molecule has 0 fully saturated rings. The van der Waals surface area contributed by atoms with Crippen LogP contribution in [0.3, 0.4) is 0 Å². The second-order valence-corrected chi connectivity index (χ2v) is 10.8. The third kappa shape index (κ3) is 7.50. The van der Waals surface area contributed by atoms with Crippen LogP contribution in [0, 0.1) is 19.3 Å². The first-order valence-corrected chi connectivity index (χ1v) is 11.9. The number of halogens is 1. The first-order valence-electron chi connectivity index (χ1n) is 11.6. The Bertz CT molecular complexity index is 1150. The van der Waals surface area contributed by atoms with Crippen LogP contribution in [0.4, 0.5) is 10.5 Å². The Hall–Kier alpha value is -3.50. The molecule has 0 heterocycles. The van der Waals surface area contributed by atoms with E-state index in [-0.39, 0.29) is 6.54 Å². The maximum atomic E-state index is 13.9. The zero-order chi connectivity index (χ0) is 27.3. The summed E-state index contributed by atoms with van der Waals surface area (Å²) in [4.78, 5) is 41.0. The molecule has 0 aliphatic heterocycles. The standard InChI is InChI=1S/C28H34ClN3O4/c1-9-19-14-10-11-15-20(19)24(25(34)31-23-18(2)13-12-16-21(23)29)32(27(3,4)5)22(33)17-30-26(35)36-28(6,7)8/h1,10-16,24H,17H2,2-8H3,(H,30,35)(H,31,34). The number of anilines is 1. The van der Waals surface area contributed by atoms with Crippen molar-refractivity contribution in [3.05, 3.63) is 64.2 Å². The topological polar surface area (TPSA) is 87.7 Å². The normalized spacial score (nSPS) is 12.2. The Morgan fingerprint density at radius 1 is 1.06 bits per heavy atom. The summed E-state index contributed by atoms with van der Waals surface area (Å²) in [6.45, 7) is 12.0. The number of hydrogen-bond acceptors (Lipinski definition) is 4. The lowest BCUT2D eigenvalue weighted by Crippen LogP contribution is -2.54. The molecule has 0 bridgehead atoms. The number of alkyl carbamates (subject to hydrolysis) is 1. The number of nitrogens with one attached hydrogen (secondary N) is 2. The van der Waals surface area contributed by atoms with Crippen LogP contribution in [0.25, 0.3) is 0 Å². The molecule has 1 unspecified atom stereocenters. The Morgan fingerprint density at radius 3 is 2.25 bits per heavy atom. The summed E-state index contributed by atoms with van der Waals surface area (Å²) >= 11 is 6.36. The summed E-state index contributed by atoms with van der Waals surface area (Å²) in [7, 11) is 0. The van der Waals surface area contributed by atoms with Gasteiger partial charge in [0, 0.05) is 11.1 Å². The molecule has 192 valence electrons. The summed E-state index contributed by atoms with van der Waals surface area (Å²) in [5.74, 6) is 1.62. The summed E-state index contributed by atoms with van der Waals surface area (Å²) in [6.07, 6.45) is 5.02. The van der Waals surface area contributed by atoms with Crippen LogP contribution in [-0.4, -0.2) is 40.5 Å². The molecule has 2 aromatic carbocycles. The second-order valence-electron chi connectivity index (χ2n) is 10.3. The van der Waals surface area contributed by atoms with Gasteiger partial charge in [-0.25, -0.2) is 4.79 Å². The van der Waals surface area contributed by atoms with Crippen LogP contribution >= 0.6 is 11.6 Å². The number of benzene rings is 2. The Balaban J connectivity index is 2.53. The molecule has 2 rings (SSSR count). The number of ether oxygens (including phenoxy) is 1. The maximum Gasteiger partial charge on any atom is 0.408 e. The molecule has 0 radical (unpaired) electrons. The fraction of sp³-hybridized carbons (Fsp3) is 0.393.